The van der Waals surface area contributed by atoms with Gasteiger partial charge in [-0.05, 0) is 13.8 Å². The fourth-order valence-corrected chi connectivity index (χ4v) is 1.92. The van der Waals surface area contributed by atoms with Crippen LogP contribution >= 0.6 is 11.3 Å². The lowest BCUT2D eigenvalue weighted by Gasteiger charge is -2.25. The predicted molar refractivity (Wildman–Crippen MR) is 64.7 cm³/mol. The van der Waals surface area contributed by atoms with Crippen molar-refractivity contribution in [2.75, 3.05) is 0 Å². The minimum absolute atomic E-state index is 0.236. The average molecular weight is 237 g/mol. The Bertz CT molecular complexity index is 392. The molecule has 0 fully saturated rings. The molecule has 16 heavy (non-hydrogen) atoms. The maximum absolute atomic E-state index is 11.7. The van der Waals surface area contributed by atoms with Gasteiger partial charge in [-0.3, -0.25) is 4.79 Å². The zero-order chi connectivity index (χ0) is 12.2. The van der Waals surface area contributed by atoms with Crippen molar-refractivity contribution >= 4 is 17.2 Å². The SMILES string of the molecule is C#CCC(N)C(=O)NC(C)(C)c1nccs1. The summed E-state index contributed by atoms with van der Waals surface area (Å²) in [5.74, 6) is 2.12. The number of amides is 1. The highest BCUT2D eigenvalue weighted by Crippen LogP contribution is 2.21. The molecule has 86 valence electrons. The van der Waals surface area contributed by atoms with Crippen LogP contribution in [0.5, 0.6) is 0 Å². The number of hydrogen-bond donors (Lipinski definition) is 2. The van der Waals surface area contributed by atoms with E-state index in [0.717, 1.165) is 5.01 Å². The molecule has 0 saturated heterocycles. The van der Waals surface area contributed by atoms with E-state index in [2.05, 4.69) is 16.2 Å². The van der Waals surface area contributed by atoms with Crippen LogP contribution in [-0.2, 0) is 10.3 Å². The summed E-state index contributed by atoms with van der Waals surface area (Å²) in [4.78, 5) is 15.9. The molecule has 1 rings (SSSR count). The molecule has 0 spiro atoms. The van der Waals surface area contributed by atoms with Gasteiger partial charge in [0.05, 0.1) is 11.6 Å². The van der Waals surface area contributed by atoms with Crippen molar-refractivity contribution in [3.05, 3.63) is 16.6 Å². The minimum Gasteiger partial charge on any atom is -0.343 e. The molecule has 0 radical (unpaired) electrons. The van der Waals surface area contributed by atoms with E-state index < -0.39 is 11.6 Å². The number of carbonyl (C=O) groups is 1. The fraction of sp³-hybridized carbons (Fsp3) is 0.455. The number of aromatic nitrogens is 1. The van der Waals surface area contributed by atoms with Crippen molar-refractivity contribution < 1.29 is 4.79 Å². The Morgan fingerprint density at radius 2 is 2.50 bits per heavy atom. The second kappa shape index (κ2) is 5.10. The Balaban J connectivity index is 2.67. The summed E-state index contributed by atoms with van der Waals surface area (Å²) in [5.41, 5.74) is 5.10. The molecule has 0 aliphatic carbocycles. The van der Waals surface area contributed by atoms with Crippen molar-refractivity contribution in [2.24, 2.45) is 5.73 Å². The van der Waals surface area contributed by atoms with Crippen LogP contribution in [0.4, 0.5) is 0 Å². The molecule has 4 nitrogen and oxygen atoms in total. The monoisotopic (exact) mass is 237 g/mol. The summed E-state index contributed by atoms with van der Waals surface area (Å²) < 4.78 is 0. The number of terminal acetylenes is 1. The Morgan fingerprint density at radius 3 is 3.00 bits per heavy atom. The average Bonchev–Trinajstić information content (AvgIpc) is 2.70. The number of rotatable bonds is 4. The predicted octanol–water partition coefficient (Wildman–Crippen LogP) is 0.845. The van der Waals surface area contributed by atoms with Gasteiger partial charge in [0, 0.05) is 18.0 Å². The van der Waals surface area contributed by atoms with Crippen LogP contribution in [0.15, 0.2) is 11.6 Å². The van der Waals surface area contributed by atoms with Crippen molar-refractivity contribution in [2.45, 2.75) is 31.8 Å². The molecule has 1 atom stereocenters. The molecule has 0 saturated carbocycles. The third-order valence-electron chi connectivity index (χ3n) is 2.08. The number of nitrogens with two attached hydrogens (primary N) is 1. The van der Waals surface area contributed by atoms with Gasteiger partial charge < -0.3 is 11.1 Å². The van der Waals surface area contributed by atoms with Crippen molar-refractivity contribution in [3.63, 3.8) is 0 Å². The standard InChI is InChI=1S/C11H15N3OS/c1-4-5-8(12)9(15)14-11(2,3)10-13-6-7-16-10/h1,6-8H,5,12H2,2-3H3,(H,14,15). The lowest BCUT2D eigenvalue weighted by molar-refractivity contribution is -0.123. The van der Waals surface area contributed by atoms with Gasteiger partial charge in [0.2, 0.25) is 5.91 Å². The van der Waals surface area contributed by atoms with Gasteiger partial charge in [-0.2, -0.15) is 0 Å². The van der Waals surface area contributed by atoms with Crippen LogP contribution in [0.2, 0.25) is 0 Å². The highest BCUT2D eigenvalue weighted by molar-refractivity contribution is 7.09. The van der Waals surface area contributed by atoms with Crippen LogP contribution in [0.1, 0.15) is 25.3 Å². The fourth-order valence-electron chi connectivity index (χ4n) is 1.21. The summed E-state index contributed by atoms with van der Waals surface area (Å²) in [7, 11) is 0. The van der Waals surface area contributed by atoms with Crippen LogP contribution < -0.4 is 11.1 Å². The minimum atomic E-state index is -0.663. The van der Waals surface area contributed by atoms with Crippen LogP contribution in [-0.4, -0.2) is 16.9 Å². The van der Waals surface area contributed by atoms with Gasteiger partial charge in [-0.1, -0.05) is 0 Å². The zero-order valence-electron chi connectivity index (χ0n) is 9.36. The molecule has 1 aromatic heterocycles. The van der Waals surface area contributed by atoms with E-state index >= 15 is 0 Å². The maximum Gasteiger partial charge on any atom is 0.238 e. The summed E-state index contributed by atoms with van der Waals surface area (Å²) >= 11 is 1.49. The van der Waals surface area contributed by atoms with E-state index in [1.54, 1.807) is 6.20 Å². The summed E-state index contributed by atoms with van der Waals surface area (Å²) in [6.07, 6.45) is 7.04. The Hall–Kier alpha value is -1.38. The molecule has 1 amide bonds. The first kappa shape index (κ1) is 12.7. The second-order valence-electron chi connectivity index (χ2n) is 3.97. The van der Waals surface area contributed by atoms with Crippen molar-refractivity contribution in [1.82, 2.24) is 10.3 Å². The first-order chi connectivity index (χ1) is 7.47. The van der Waals surface area contributed by atoms with Gasteiger partial charge in [0.25, 0.3) is 0 Å². The maximum atomic E-state index is 11.7. The van der Waals surface area contributed by atoms with E-state index in [-0.39, 0.29) is 12.3 Å². The largest absolute Gasteiger partial charge is 0.343 e. The topological polar surface area (TPSA) is 68.0 Å². The van der Waals surface area contributed by atoms with Gasteiger partial charge in [0.1, 0.15) is 5.01 Å². The molecule has 0 aromatic carbocycles. The Kier molecular flexibility index (Phi) is 4.05. The first-order valence-electron chi connectivity index (χ1n) is 4.88. The summed E-state index contributed by atoms with van der Waals surface area (Å²) in [6.45, 7) is 3.76. The highest BCUT2D eigenvalue weighted by atomic mass is 32.1. The van der Waals surface area contributed by atoms with Crippen LogP contribution in [0.3, 0.4) is 0 Å². The van der Waals surface area contributed by atoms with Crippen LogP contribution in [0.25, 0.3) is 0 Å². The molecule has 0 aliphatic heterocycles. The third-order valence-corrected chi connectivity index (χ3v) is 3.17. The molecule has 0 aliphatic rings. The summed E-state index contributed by atoms with van der Waals surface area (Å²) in [6, 6.07) is -0.663. The molecule has 1 aromatic rings. The lowest BCUT2D eigenvalue weighted by Crippen LogP contribution is -2.48. The summed E-state index contributed by atoms with van der Waals surface area (Å²) in [5, 5.41) is 5.54. The lowest BCUT2D eigenvalue weighted by atomic mass is 10.1. The molecule has 0 bridgehead atoms. The van der Waals surface area contributed by atoms with Crippen molar-refractivity contribution in [3.8, 4) is 12.3 Å². The number of thiazole rings is 1. The Labute approximate surface area is 99.3 Å². The number of nitrogens with zero attached hydrogens (tertiary/aromatic N) is 1. The van der Waals surface area contributed by atoms with E-state index in [4.69, 9.17) is 12.2 Å². The van der Waals surface area contributed by atoms with E-state index in [1.165, 1.54) is 11.3 Å². The van der Waals surface area contributed by atoms with E-state index in [0.29, 0.717) is 0 Å². The van der Waals surface area contributed by atoms with E-state index in [9.17, 15) is 4.79 Å². The quantitative estimate of drug-likeness (QED) is 0.763. The Morgan fingerprint density at radius 1 is 1.81 bits per heavy atom. The normalized spacial score (nSPS) is 12.9. The van der Waals surface area contributed by atoms with Gasteiger partial charge >= 0.3 is 0 Å². The highest BCUT2D eigenvalue weighted by Gasteiger charge is 2.27. The van der Waals surface area contributed by atoms with Gasteiger partial charge in [-0.15, -0.1) is 23.7 Å². The molecule has 5 heteroatoms. The second-order valence-corrected chi connectivity index (χ2v) is 4.86. The molecular formula is C11H15N3OS. The van der Waals surface area contributed by atoms with Crippen LogP contribution in [0, 0.1) is 12.3 Å². The van der Waals surface area contributed by atoms with Crippen molar-refractivity contribution in [1.29, 1.82) is 0 Å². The molecular weight excluding hydrogens is 222 g/mol. The van der Waals surface area contributed by atoms with E-state index in [1.807, 2.05) is 19.2 Å². The zero-order valence-corrected chi connectivity index (χ0v) is 10.2. The van der Waals surface area contributed by atoms with Gasteiger partial charge in [-0.25, -0.2) is 4.98 Å². The molecule has 3 N–H and O–H groups in total. The number of carbonyl (C=O) groups excluding carboxylic acids is 1. The first-order valence-corrected chi connectivity index (χ1v) is 5.76. The number of hydrogen-bond acceptors (Lipinski definition) is 4. The smallest absolute Gasteiger partial charge is 0.238 e. The third kappa shape index (κ3) is 3.05. The number of nitrogens with one attached hydrogen (secondary N) is 1. The molecule has 1 unspecified atom stereocenters. The van der Waals surface area contributed by atoms with Gasteiger partial charge in [0.15, 0.2) is 0 Å². The molecule has 1 heterocycles.